The van der Waals surface area contributed by atoms with Gasteiger partial charge in [-0.3, -0.25) is 9.36 Å². The highest BCUT2D eigenvalue weighted by molar-refractivity contribution is 6.01. The SMILES string of the molecule is COc1ccc(N)c(NC(=O)n2ccc3c(N(C)[C@H]4CN(C(=O)CC#N)CC[C@H]4C)ncnc32)c1. The van der Waals surface area contributed by atoms with Crippen LogP contribution in [0.5, 0.6) is 5.75 Å². The minimum Gasteiger partial charge on any atom is -0.497 e. The number of nitrogens with zero attached hydrogens (tertiary/aromatic N) is 6. The fourth-order valence-electron chi connectivity index (χ4n) is 4.45. The van der Waals surface area contributed by atoms with Crippen molar-refractivity contribution in [3.05, 3.63) is 36.8 Å². The number of carbonyl (C=O) groups is 2. The number of ether oxygens (including phenoxy) is 1. The number of nitrogen functional groups attached to an aromatic ring is 1. The van der Waals surface area contributed by atoms with E-state index in [0.717, 1.165) is 6.42 Å². The smallest absolute Gasteiger partial charge is 0.331 e. The predicted molar refractivity (Wildman–Crippen MR) is 132 cm³/mol. The summed E-state index contributed by atoms with van der Waals surface area (Å²) in [5.74, 6) is 1.37. The van der Waals surface area contributed by atoms with Crippen molar-refractivity contribution in [3.8, 4) is 11.8 Å². The van der Waals surface area contributed by atoms with E-state index in [9.17, 15) is 9.59 Å². The molecule has 3 heterocycles. The highest BCUT2D eigenvalue weighted by atomic mass is 16.5. The molecule has 0 spiro atoms. The molecule has 1 saturated heterocycles. The van der Waals surface area contributed by atoms with Gasteiger partial charge in [0, 0.05) is 32.4 Å². The Labute approximate surface area is 203 Å². The zero-order valence-corrected chi connectivity index (χ0v) is 19.9. The first-order chi connectivity index (χ1) is 16.8. The normalized spacial score (nSPS) is 17.6. The van der Waals surface area contributed by atoms with Crippen LogP contribution in [0, 0.1) is 17.2 Å². The summed E-state index contributed by atoms with van der Waals surface area (Å²) in [4.78, 5) is 38.0. The van der Waals surface area contributed by atoms with Gasteiger partial charge < -0.3 is 25.6 Å². The molecule has 0 aliphatic carbocycles. The highest BCUT2D eigenvalue weighted by Gasteiger charge is 2.33. The van der Waals surface area contributed by atoms with Crippen LogP contribution in [0.1, 0.15) is 19.8 Å². The number of fused-ring (bicyclic) bond motifs is 1. The molecule has 0 saturated carbocycles. The van der Waals surface area contributed by atoms with Crippen LogP contribution in [-0.4, -0.2) is 64.7 Å². The quantitative estimate of drug-likeness (QED) is 0.535. The zero-order valence-electron chi connectivity index (χ0n) is 19.9. The highest BCUT2D eigenvalue weighted by Crippen LogP contribution is 2.30. The van der Waals surface area contributed by atoms with Crippen molar-refractivity contribution in [2.75, 3.05) is 43.2 Å². The van der Waals surface area contributed by atoms with Crippen LogP contribution in [0.15, 0.2) is 36.8 Å². The molecule has 11 heteroatoms. The van der Waals surface area contributed by atoms with E-state index in [1.54, 1.807) is 35.4 Å². The second-order valence-electron chi connectivity index (χ2n) is 8.62. The van der Waals surface area contributed by atoms with Crippen LogP contribution in [0.2, 0.25) is 0 Å². The van der Waals surface area contributed by atoms with Gasteiger partial charge in [0.2, 0.25) is 5.91 Å². The standard InChI is InChI=1S/C24H28N8O3/c1-15-7-10-31(21(33)6-9-25)13-20(15)30(2)22-17-8-11-32(23(17)28-14-27-22)24(34)29-19-12-16(35-3)4-5-18(19)26/h4-5,8,11-12,14-15,20H,6-7,10,13,26H2,1-3H3,(H,29,34)/t15-,20+/m1/s1. The third kappa shape index (κ3) is 4.68. The molecule has 2 amide bonds. The maximum atomic E-state index is 13.1. The van der Waals surface area contributed by atoms with Gasteiger partial charge in [0.25, 0.3) is 0 Å². The predicted octanol–water partition coefficient (Wildman–Crippen LogP) is 2.69. The van der Waals surface area contributed by atoms with Gasteiger partial charge in [0.05, 0.1) is 36.0 Å². The van der Waals surface area contributed by atoms with Crippen LogP contribution in [-0.2, 0) is 4.79 Å². The maximum Gasteiger partial charge on any atom is 0.331 e. The number of hydrogen-bond donors (Lipinski definition) is 2. The number of aromatic nitrogens is 3. The summed E-state index contributed by atoms with van der Waals surface area (Å²) in [7, 11) is 3.47. The van der Waals surface area contributed by atoms with Crippen molar-refractivity contribution in [2.24, 2.45) is 5.92 Å². The summed E-state index contributed by atoms with van der Waals surface area (Å²) < 4.78 is 6.62. The molecule has 3 N–H and O–H groups in total. The molecule has 11 nitrogen and oxygen atoms in total. The van der Waals surface area contributed by atoms with E-state index in [1.165, 1.54) is 18.0 Å². The Morgan fingerprint density at radius 1 is 1.34 bits per heavy atom. The van der Waals surface area contributed by atoms with Gasteiger partial charge in [-0.2, -0.15) is 5.26 Å². The van der Waals surface area contributed by atoms with Crippen LogP contribution in [0.3, 0.4) is 0 Å². The fraction of sp³-hybridized carbons (Fsp3) is 0.375. The van der Waals surface area contributed by atoms with E-state index in [1.807, 2.05) is 18.0 Å². The van der Waals surface area contributed by atoms with E-state index in [2.05, 4.69) is 22.2 Å². The average molecular weight is 477 g/mol. The monoisotopic (exact) mass is 476 g/mol. The lowest BCUT2D eigenvalue weighted by Crippen LogP contribution is -2.52. The number of nitrogens with one attached hydrogen (secondary N) is 1. The summed E-state index contributed by atoms with van der Waals surface area (Å²) in [5.41, 5.74) is 7.30. The Bertz CT molecular complexity index is 1300. The van der Waals surface area contributed by atoms with Crippen LogP contribution >= 0.6 is 0 Å². The van der Waals surface area contributed by atoms with Crippen LogP contribution < -0.4 is 20.7 Å². The van der Waals surface area contributed by atoms with Gasteiger partial charge in [-0.15, -0.1) is 0 Å². The van der Waals surface area contributed by atoms with Gasteiger partial charge in [0.15, 0.2) is 5.65 Å². The van der Waals surface area contributed by atoms with Crippen molar-refractivity contribution >= 4 is 40.2 Å². The van der Waals surface area contributed by atoms with Gasteiger partial charge in [-0.05, 0) is 30.5 Å². The molecule has 1 aliphatic rings. The summed E-state index contributed by atoms with van der Waals surface area (Å²) in [5, 5.41) is 12.4. The summed E-state index contributed by atoms with van der Waals surface area (Å²) in [6.45, 7) is 3.28. The second kappa shape index (κ2) is 9.89. The lowest BCUT2D eigenvalue weighted by Gasteiger charge is -2.42. The zero-order chi connectivity index (χ0) is 25.1. The number of amides is 2. The Morgan fingerprint density at radius 3 is 2.89 bits per heavy atom. The summed E-state index contributed by atoms with van der Waals surface area (Å²) in [6.07, 6.45) is 3.75. The molecule has 3 aromatic rings. The van der Waals surface area contributed by atoms with Gasteiger partial charge >= 0.3 is 6.03 Å². The Hall–Kier alpha value is -4.33. The number of likely N-dealkylation sites (N-methyl/N-ethyl adjacent to an activating group) is 1. The number of benzene rings is 1. The molecular formula is C24H28N8O3. The Kier molecular flexibility index (Phi) is 6.73. The summed E-state index contributed by atoms with van der Waals surface area (Å²) >= 11 is 0. The number of hydrogen-bond acceptors (Lipinski definition) is 8. The van der Waals surface area contributed by atoms with E-state index < -0.39 is 6.03 Å². The van der Waals surface area contributed by atoms with Crippen molar-refractivity contribution < 1.29 is 14.3 Å². The van der Waals surface area contributed by atoms with Crippen molar-refractivity contribution in [3.63, 3.8) is 0 Å². The van der Waals surface area contributed by atoms with Gasteiger partial charge in [-0.1, -0.05) is 6.92 Å². The molecule has 182 valence electrons. The molecular weight excluding hydrogens is 448 g/mol. The number of piperidine rings is 1. The molecule has 0 bridgehead atoms. The van der Waals surface area contributed by atoms with Gasteiger partial charge in [-0.25, -0.2) is 14.8 Å². The molecule has 0 unspecified atom stereocenters. The number of carbonyl (C=O) groups excluding carboxylic acids is 2. The molecule has 2 aromatic heterocycles. The first-order valence-corrected chi connectivity index (χ1v) is 11.3. The lowest BCUT2D eigenvalue weighted by molar-refractivity contribution is -0.131. The van der Waals surface area contributed by atoms with Crippen LogP contribution in [0.25, 0.3) is 11.0 Å². The van der Waals surface area contributed by atoms with E-state index >= 15 is 0 Å². The number of nitriles is 1. The minimum absolute atomic E-state index is 0.00162. The largest absolute Gasteiger partial charge is 0.497 e. The van der Waals surface area contributed by atoms with Crippen LogP contribution in [0.4, 0.5) is 22.0 Å². The summed E-state index contributed by atoms with van der Waals surface area (Å²) in [6, 6.07) is 8.33. The molecule has 1 aromatic carbocycles. The second-order valence-corrected chi connectivity index (χ2v) is 8.62. The maximum absolute atomic E-state index is 13.1. The van der Waals surface area contributed by atoms with Gasteiger partial charge in [0.1, 0.15) is 24.3 Å². The van der Waals surface area contributed by atoms with E-state index in [0.29, 0.717) is 53.0 Å². The van der Waals surface area contributed by atoms with Crippen molar-refractivity contribution in [1.29, 1.82) is 5.26 Å². The Balaban J connectivity index is 1.60. The lowest BCUT2D eigenvalue weighted by atomic mass is 9.92. The third-order valence-electron chi connectivity index (χ3n) is 6.51. The Morgan fingerprint density at radius 2 is 2.14 bits per heavy atom. The molecule has 1 fully saturated rings. The molecule has 1 aliphatic heterocycles. The van der Waals surface area contributed by atoms with E-state index in [4.69, 9.17) is 15.7 Å². The number of likely N-dealkylation sites (tertiary alicyclic amines) is 1. The minimum atomic E-state index is -0.424. The third-order valence-corrected chi connectivity index (χ3v) is 6.51. The first kappa shape index (κ1) is 23.8. The van der Waals surface area contributed by atoms with Crippen molar-refractivity contribution in [1.82, 2.24) is 19.4 Å². The van der Waals surface area contributed by atoms with E-state index in [-0.39, 0.29) is 18.4 Å². The topological polar surface area (TPSA) is 142 Å². The number of anilines is 3. The molecule has 2 atom stereocenters. The fourth-order valence-corrected chi connectivity index (χ4v) is 4.45. The van der Waals surface area contributed by atoms with Crippen molar-refractivity contribution in [2.45, 2.75) is 25.8 Å². The molecule has 0 radical (unpaired) electrons. The number of methoxy groups -OCH3 is 1. The molecule has 35 heavy (non-hydrogen) atoms. The molecule has 4 rings (SSSR count). The number of nitrogens with two attached hydrogens (primary N) is 1. The number of rotatable bonds is 5. The first-order valence-electron chi connectivity index (χ1n) is 11.3. The average Bonchev–Trinajstić information content (AvgIpc) is 3.30.